The van der Waals surface area contributed by atoms with Crippen LogP contribution in [0.25, 0.3) is 6.08 Å². The van der Waals surface area contributed by atoms with Crippen molar-refractivity contribution >= 4 is 35.2 Å². The van der Waals surface area contributed by atoms with Gasteiger partial charge in [0.15, 0.2) is 0 Å². The number of hydrogen-bond acceptors (Lipinski definition) is 3. The van der Waals surface area contributed by atoms with Crippen LogP contribution in [0.4, 0.5) is 10.1 Å². The first-order chi connectivity index (χ1) is 13.5. The summed E-state index contributed by atoms with van der Waals surface area (Å²) in [4.78, 5) is 28.2. The van der Waals surface area contributed by atoms with Gasteiger partial charge in [-0.3, -0.25) is 14.5 Å². The van der Waals surface area contributed by atoms with Gasteiger partial charge in [0.05, 0.1) is 6.54 Å². The maximum Gasteiger partial charge on any atom is 0.246 e. The van der Waals surface area contributed by atoms with Crippen molar-refractivity contribution in [2.75, 3.05) is 38.0 Å². The van der Waals surface area contributed by atoms with Crippen LogP contribution < -0.4 is 5.32 Å². The molecule has 0 spiro atoms. The van der Waals surface area contributed by atoms with Crippen molar-refractivity contribution in [2.24, 2.45) is 0 Å². The molecule has 28 heavy (non-hydrogen) atoms. The summed E-state index contributed by atoms with van der Waals surface area (Å²) in [6, 6.07) is 13.0. The summed E-state index contributed by atoms with van der Waals surface area (Å²) < 4.78 is 13.2. The molecule has 1 heterocycles. The Labute approximate surface area is 168 Å². The summed E-state index contributed by atoms with van der Waals surface area (Å²) in [6.07, 6.45) is 3.31. The molecule has 1 aliphatic heterocycles. The normalized spacial score (nSPS) is 15.0. The topological polar surface area (TPSA) is 52.7 Å². The van der Waals surface area contributed by atoms with E-state index in [1.165, 1.54) is 12.1 Å². The zero-order valence-corrected chi connectivity index (χ0v) is 16.0. The Morgan fingerprint density at radius 2 is 1.79 bits per heavy atom. The molecular formula is C21H21ClFN3O2. The Hall–Kier alpha value is -2.70. The van der Waals surface area contributed by atoms with Crippen LogP contribution in [-0.2, 0) is 9.59 Å². The molecule has 0 bridgehead atoms. The number of rotatable bonds is 5. The lowest BCUT2D eigenvalue weighted by Gasteiger charge is -2.33. The van der Waals surface area contributed by atoms with Crippen LogP contribution in [0.5, 0.6) is 0 Å². The molecule has 0 atom stereocenters. The minimum Gasteiger partial charge on any atom is -0.337 e. The molecule has 146 valence electrons. The third kappa shape index (κ3) is 5.90. The van der Waals surface area contributed by atoms with Crippen molar-refractivity contribution in [3.63, 3.8) is 0 Å². The summed E-state index contributed by atoms with van der Waals surface area (Å²) in [5.74, 6) is -0.650. The number of benzene rings is 2. The Kier molecular flexibility index (Phi) is 6.79. The van der Waals surface area contributed by atoms with Gasteiger partial charge in [0.2, 0.25) is 11.8 Å². The first-order valence-electron chi connectivity index (χ1n) is 9.00. The van der Waals surface area contributed by atoms with Gasteiger partial charge in [-0.2, -0.15) is 0 Å². The highest BCUT2D eigenvalue weighted by Gasteiger charge is 2.21. The number of anilines is 1. The number of carbonyl (C=O) groups excluding carboxylic acids is 2. The highest BCUT2D eigenvalue weighted by atomic mass is 35.5. The molecule has 5 nitrogen and oxygen atoms in total. The average Bonchev–Trinajstić information content (AvgIpc) is 2.68. The molecule has 1 N–H and O–H groups in total. The molecule has 1 aliphatic rings. The van der Waals surface area contributed by atoms with E-state index in [9.17, 15) is 14.0 Å². The molecule has 0 aromatic heterocycles. The van der Waals surface area contributed by atoms with Gasteiger partial charge in [-0.25, -0.2) is 4.39 Å². The summed E-state index contributed by atoms with van der Waals surface area (Å²) >= 11 is 5.85. The minimum absolute atomic E-state index is 0.0567. The fourth-order valence-electron chi connectivity index (χ4n) is 2.94. The quantitative estimate of drug-likeness (QED) is 0.782. The van der Waals surface area contributed by atoms with Crippen LogP contribution in [-0.4, -0.2) is 54.3 Å². The first kappa shape index (κ1) is 20.0. The van der Waals surface area contributed by atoms with E-state index in [-0.39, 0.29) is 18.4 Å². The molecule has 2 aromatic rings. The van der Waals surface area contributed by atoms with Gasteiger partial charge in [-0.05, 0) is 42.0 Å². The van der Waals surface area contributed by atoms with Crippen LogP contribution in [0, 0.1) is 5.82 Å². The van der Waals surface area contributed by atoms with E-state index in [2.05, 4.69) is 5.32 Å². The fourth-order valence-corrected chi connectivity index (χ4v) is 3.07. The van der Waals surface area contributed by atoms with E-state index in [0.29, 0.717) is 36.9 Å². The number of carbonyl (C=O) groups is 2. The minimum atomic E-state index is -0.392. The molecule has 0 radical (unpaired) electrons. The van der Waals surface area contributed by atoms with E-state index in [1.807, 2.05) is 17.0 Å². The van der Waals surface area contributed by atoms with Gasteiger partial charge in [-0.15, -0.1) is 0 Å². The summed E-state index contributed by atoms with van der Waals surface area (Å²) in [5, 5.41) is 3.34. The van der Waals surface area contributed by atoms with Gasteiger partial charge in [0.25, 0.3) is 0 Å². The molecule has 0 aliphatic carbocycles. The SMILES string of the molecule is O=C(CN1CCN(C(=O)C=Cc2ccc(Cl)cc2)CC1)Nc1cccc(F)c1. The second-order valence-electron chi connectivity index (χ2n) is 6.54. The van der Waals surface area contributed by atoms with Crippen molar-refractivity contribution in [2.45, 2.75) is 0 Å². The van der Waals surface area contributed by atoms with E-state index in [4.69, 9.17) is 11.6 Å². The summed E-state index contributed by atoms with van der Waals surface area (Å²) in [6.45, 7) is 2.53. The molecule has 0 unspecified atom stereocenters. The van der Waals surface area contributed by atoms with Crippen molar-refractivity contribution in [3.05, 3.63) is 71.0 Å². The molecule has 3 rings (SSSR count). The maximum absolute atomic E-state index is 13.2. The molecule has 2 amide bonds. The number of halogens is 2. The average molecular weight is 402 g/mol. The van der Waals surface area contributed by atoms with Crippen LogP contribution in [0.15, 0.2) is 54.6 Å². The fraction of sp³-hybridized carbons (Fsp3) is 0.238. The Bertz CT molecular complexity index is 862. The Balaban J connectivity index is 1.44. The van der Waals surface area contributed by atoms with Crippen LogP contribution in [0.3, 0.4) is 0 Å². The number of nitrogens with one attached hydrogen (secondary N) is 1. The molecule has 1 fully saturated rings. The van der Waals surface area contributed by atoms with Crippen molar-refractivity contribution < 1.29 is 14.0 Å². The van der Waals surface area contributed by atoms with Crippen LogP contribution >= 0.6 is 11.6 Å². The number of nitrogens with zero attached hydrogens (tertiary/aromatic N) is 2. The van der Waals surface area contributed by atoms with E-state index < -0.39 is 5.82 Å². The number of amides is 2. The second-order valence-corrected chi connectivity index (χ2v) is 6.98. The Morgan fingerprint density at radius 3 is 2.46 bits per heavy atom. The molecule has 7 heteroatoms. The highest BCUT2D eigenvalue weighted by Crippen LogP contribution is 2.12. The van der Waals surface area contributed by atoms with Gasteiger partial charge >= 0.3 is 0 Å². The second kappa shape index (κ2) is 9.48. The Morgan fingerprint density at radius 1 is 1.07 bits per heavy atom. The lowest BCUT2D eigenvalue weighted by atomic mass is 10.2. The first-order valence-corrected chi connectivity index (χ1v) is 9.38. The monoisotopic (exact) mass is 401 g/mol. The lowest BCUT2D eigenvalue weighted by Crippen LogP contribution is -2.50. The summed E-state index contributed by atoms with van der Waals surface area (Å²) in [7, 11) is 0. The number of piperazine rings is 1. The van der Waals surface area contributed by atoms with Crippen molar-refractivity contribution in [1.82, 2.24) is 9.80 Å². The maximum atomic E-state index is 13.2. The molecule has 1 saturated heterocycles. The van der Waals surface area contributed by atoms with E-state index >= 15 is 0 Å². The largest absolute Gasteiger partial charge is 0.337 e. The molecule has 0 saturated carbocycles. The zero-order valence-electron chi connectivity index (χ0n) is 15.3. The van der Waals surface area contributed by atoms with Gasteiger partial charge < -0.3 is 10.2 Å². The van der Waals surface area contributed by atoms with Crippen LogP contribution in [0.2, 0.25) is 5.02 Å². The standard InChI is InChI=1S/C21H21ClFN3O2/c22-17-7-4-16(5-8-17)6-9-21(28)26-12-10-25(11-13-26)15-20(27)24-19-3-1-2-18(23)14-19/h1-9,14H,10-13,15H2,(H,24,27). The van der Waals surface area contributed by atoms with Gasteiger partial charge in [-0.1, -0.05) is 29.8 Å². The third-order valence-electron chi connectivity index (χ3n) is 4.45. The number of hydrogen-bond donors (Lipinski definition) is 1. The predicted octanol–water partition coefficient (Wildman–Crippen LogP) is 3.28. The van der Waals surface area contributed by atoms with E-state index in [0.717, 1.165) is 5.56 Å². The lowest BCUT2D eigenvalue weighted by molar-refractivity contribution is -0.127. The molecular weight excluding hydrogens is 381 g/mol. The smallest absolute Gasteiger partial charge is 0.246 e. The van der Waals surface area contributed by atoms with Gasteiger partial charge in [0.1, 0.15) is 5.82 Å². The third-order valence-corrected chi connectivity index (χ3v) is 4.70. The zero-order chi connectivity index (χ0) is 19.9. The predicted molar refractivity (Wildman–Crippen MR) is 109 cm³/mol. The van der Waals surface area contributed by atoms with Crippen molar-refractivity contribution in [3.8, 4) is 0 Å². The molecule has 2 aromatic carbocycles. The van der Waals surface area contributed by atoms with Crippen LogP contribution in [0.1, 0.15) is 5.56 Å². The van der Waals surface area contributed by atoms with Crippen molar-refractivity contribution in [1.29, 1.82) is 0 Å². The highest BCUT2D eigenvalue weighted by molar-refractivity contribution is 6.30. The van der Waals surface area contributed by atoms with E-state index in [1.54, 1.807) is 41.3 Å². The van der Waals surface area contributed by atoms with Gasteiger partial charge in [0, 0.05) is 43.0 Å². The summed E-state index contributed by atoms with van der Waals surface area (Å²) in [5.41, 5.74) is 1.34.